The van der Waals surface area contributed by atoms with Crippen LogP contribution in [-0.2, 0) is 17.6 Å². The molecule has 1 saturated heterocycles. The summed E-state index contributed by atoms with van der Waals surface area (Å²) in [7, 11) is 4.05. The Labute approximate surface area is 175 Å². The van der Waals surface area contributed by atoms with E-state index in [-0.39, 0.29) is 5.78 Å². The Morgan fingerprint density at radius 3 is 2.34 bits per heavy atom. The van der Waals surface area contributed by atoms with Gasteiger partial charge in [-0.3, -0.25) is 9.69 Å². The zero-order valence-corrected chi connectivity index (χ0v) is 18.3. The number of hydrogen-bond acceptors (Lipinski definition) is 4. The molecule has 1 atom stereocenters. The third kappa shape index (κ3) is 4.54. The van der Waals surface area contributed by atoms with Crippen LogP contribution in [0, 0.1) is 0 Å². The normalized spacial score (nSPS) is 16.7. The van der Waals surface area contributed by atoms with E-state index in [4.69, 9.17) is 4.74 Å². The highest BCUT2D eigenvalue weighted by molar-refractivity contribution is 6.05. The van der Waals surface area contributed by atoms with Gasteiger partial charge in [0.25, 0.3) is 0 Å². The number of Topliss-reactive ketones (excluding diaryl/α,β-unsaturated/α-hetero) is 1. The van der Waals surface area contributed by atoms with Gasteiger partial charge in [-0.1, -0.05) is 44.2 Å². The van der Waals surface area contributed by atoms with Crippen molar-refractivity contribution in [1.82, 2.24) is 4.90 Å². The van der Waals surface area contributed by atoms with Gasteiger partial charge in [0.05, 0.1) is 18.8 Å². The van der Waals surface area contributed by atoms with Crippen LogP contribution in [0.4, 0.5) is 5.69 Å². The number of aryl methyl sites for hydroxylation is 1. The summed E-state index contributed by atoms with van der Waals surface area (Å²) in [6.45, 7) is 7.59. The van der Waals surface area contributed by atoms with Gasteiger partial charge >= 0.3 is 0 Å². The van der Waals surface area contributed by atoms with Crippen molar-refractivity contribution in [2.75, 3.05) is 45.3 Å². The Hall–Kier alpha value is -2.17. The van der Waals surface area contributed by atoms with Gasteiger partial charge in [0.2, 0.25) is 0 Å². The SMILES string of the molecule is CCc1cc(N2CCOCC2)ccc1C(=O)C(CC)(Cc1ccccc1)N(C)C. The number of likely N-dealkylation sites (N-methyl/N-ethyl adjacent to an activating group) is 1. The summed E-state index contributed by atoms with van der Waals surface area (Å²) < 4.78 is 5.48. The Morgan fingerprint density at radius 1 is 1.07 bits per heavy atom. The van der Waals surface area contributed by atoms with Crippen molar-refractivity contribution in [2.45, 2.75) is 38.6 Å². The molecule has 156 valence electrons. The predicted octanol–water partition coefficient (Wildman–Crippen LogP) is 4.22. The van der Waals surface area contributed by atoms with Crippen molar-refractivity contribution < 1.29 is 9.53 Å². The minimum atomic E-state index is -0.550. The monoisotopic (exact) mass is 394 g/mol. The van der Waals surface area contributed by atoms with Crippen LogP contribution >= 0.6 is 0 Å². The van der Waals surface area contributed by atoms with Gasteiger partial charge in [0, 0.05) is 24.3 Å². The fourth-order valence-corrected chi connectivity index (χ4v) is 4.34. The number of hydrogen-bond donors (Lipinski definition) is 0. The summed E-state index contributed by atoms with van der Waals surface area (Å²) in [6, 6.07) is 16.7. The maximum absolute atomic E-state index is 13.9. The molecule has 0 radical (unpaired) electrons. The molecule has 0 N–H and O–H groups in total. The number of rotatable bonds is 8. The van der Waals surface area contributed by atoms with Crippen LogP contribution in [0.3, 0.4) is 0 Å². The van der Waals surface area contributed by atoms with E-state index in [0.717, 1.165) is 50.3 Å². The highest BCUT2D eigenvalue weighted by Crippen LogP contribution is 2.31. The number of ketones is 1. The van der Waals surface area contributed by atoms with E-state index >= 15 is 0 Å². The van der Waals surface area contributed by atoms with E-state index in [2.05, 4.69) is 47.9 Å². The maximum Gasteiger partial charge on any atom is 0.183 e. The largest absolute Gasteiger partial charge is 0.378 e. The average Bonchev–Trinajstić information content (AvgIpc) is 2.77. The number of carbonyl (C=O) groups excluding carboxylic acids is 1. The van der Waals surface area contributed by atoms with Crippen LogP contribution in [-0.4, -0.2) is 56.6 Å². The first-order valence-corrected chi connectivity index (χ1v) is 10.7. The molecule has 0 aliphatic carbocycles. The van der Waals surface area contributed by atoms with Gasteiger partial charge in [-0.15, -0.1) is 0 Å². The minimum absolute atomic E-state index is 0.222. The van der Waals surface area contributed by atoms with E-state index in [1.165, 1.54) is 11.3 Å². The van der Waals surface area contributed by atoms with E-state index < -0.39 is 5.54 Å². The summed E-state index contributed by atoms with van der Waals surface area (Å²) in [6.07, 6.45) is 2.32. The molecular weight excluding hydrogens is 360 g/mol. The highest BCUT2D eigenvalue weighted by Gasteiger charge is 2.40. The lowest BCUT2D eigenvalue weighted by molar-refractivity contribution is 0.0665. The highest BCUT2D eigenvalue weighted by atomic mass is 16.5. The third-order valence-electron chi connectivity index (χ3n) is 6.29. The fraction of sp³-hybridized carbons (Fsp3) is 0.480. The molecule has 1 unspecified atom stereocenters. The molecule has 4 heteroatoms. The van der Waals surface area contributed by atoms with Crippen molar-refractivity contribution in [2.24, 2.45) is 0 Å². The predicted molar refractivity (Wildman–Crippen MR) is 120 cm³/mol. The molecule has 1 aliphatic heterocycles. The smallest absolute Gasteiger partial charge is 0.183 e. The molecule has 0 aromatic heterocycles. The lowest BCUT2D eigenvalue weighted by Crippen LogP contribution is -2.52. The molecule has 29 heavy (non-hydrogen) atoms. The zero-order chi connectivity index (χ0) is 20.9. The van der Waals surface area contributed by atoms with Gasteiger partial charge in [-0.25, -0.2) is 0 Å². The first-order valence-electron chi connectivity index (χ1n) is 10.7. The lowest BCUT2D eigenvalue weighted by Gasteiger charge is -2.39. The number of nitrogens with zero attached hydrogens (tertiary/aromatic N) is 2. The van der Waals surface area contributed by atoms with E-state index in [1.807, 2.05) is 38.4 Å². The molecule has 0 amide bonds. The summed E-state index contributed by atoms with van der Waals surface area (Å²) in [4.78, 5) is 18.4. The lowest BCUT2D eigenvalue weighted by atomic mass is 9.79. The average molecular weight is 395 g/mol. The van der Waals surface area contributed by atoms with Crippen LogP contribution in [0.15, 0.2) is 48.5 Å². The van der Waals surface area contributed by atoms with Crippen molar-refractivity contribution in [3.63, 3.8) is 0 Å². The Morgan fingerprint density at radius 2 is 1.76 bits per heavy atom. The zero-order valence-electron chi connectivity index (χ0n) is 18.3. The second-order valence-corrected chi connectivity index (χ2v) is 8.07. The van der Waals surface area contributed by atoms with Crippen molar-refractivity contribution in [3.8, 4) is 0 Å². The summed E-state index contributed by atoms with van der Waals surface area (Å²) in [5.74, 6) is 0.222. The van der Waals surface area contributed by atoms with E-state index in [9.17, 15) is 4.79 Å². The van der Waals surface area contributed by atoms with Gasteiger partial charge in [0.15, 0.2) is 5.78 Å². The van der Waals surface area contributed by atoms with Crippen molar-refractivity contribution >= 4 is 11.5 Å². The Kier molecular flexibility index (Phi) is 7.09. The van der Waals surface area contributed by atoms with Crippen LogP contribution in [0.5, 0.6) is 0 Å². The molecule has 1 aliphatic rings. The summed E-state index contributed by atoms with van der Waals surface area (Å²) in [5, 5.41) is 0. The molecule has 0 bridgehead atoms. The fourth-order valence-electron chi connectivity index (χ4n) is 4.34. The van der Waals surface area contributed by atoms with Crippen molar-refractivity contribution in [3.05, 3.63) is 65.2 Å². The van der Waals surface area contributed by atoms with E-state index in [1.54, 1.807) is 0 Å². The second-order valence-electron chi connectivity index (χ2n) is 8.07. The molecule has 4 nitrogen and oxygen atoms in total. The van der Waals surface area contributed by atoms with Gasteiger partial charge < -0.3 is 9.64 Å². The van der Waals surface area contributed by atoms with Gasteiger partial charge in [-0.2, -0.15) is 0 Å². The number of carbonyl (C=O) groups is 1. The Bertz CT molecular complexity index is 813. The standard InChI is InChI=1S/C25H34N2O2/c1-5-21-18-22(27-14-16-29-17-15-27)12-13-23(21)24(28)25(6-2,26(3)4)19-20-10-8-7-9-11-20/h7-13,18H,5-6,14-17,19H2,1-4H3. The third-order valence-corrected chi connectivity index (χ3v) is 6.29. The topological polar surface area (TPSA) is 32.8 Å². The molecule has 1 heterocycles. The Balaban J connectivity index is 1.96. The second kappa shape index (κ2) is 9.55. The van der Waals surface area contributed by atoms with Gasteiger partial charge in [0.1, 0.15) is 0 Å². The van der Waals surface area contributed by atoms with Crippen LogP contribution < -0.4 is 4.90 Å². The molecule has 2 aromatic rings. The first-order chi connectivity index (χ1) is 14.0. The molecule has 2 aromatic carbocycles. The van der Waals surface area contributed by atoms with Crippen molar-refractivity contribution in [1.29, 1.82) is 0 Å². The molecule has 1 fully saturated rings. The van der Waals surface area contributed by atoms with Gasteiger partial charge in [-0.05, 0) is 62.7 Å². The number of ether oxygens (including phenoxy) is 1. The van der Waals surface area contributed by atoms with Crippen LogP contribution in [0.2, 0.25) is 0 Å². The quantitative estimate of drug-likeness (QED) is 0.628. The maximum atomic E-state index is 13.9. The van der Waals surface area contributed by atoms with Crippen LogP contribution in [0.1, 0.15) is 41.8 Å². The molecular formula is C25H34N2O2. The van der Waals surface area contributed by atoms with Crippen LogP contribution in [0.25, 0.3) is 0 Å². The minimum Gasteiger partial charge on any atom is -0.378 e. The number of benzene rings is 2. The number of morpholine rings is 1. The summed E-state index contributed by atoms with van der Waals surface area (Å²) >= 11 is 0. The molecule has 0 spiro atoms. The first kappa shape index (κ1) is 21.5. The molecule has 0 saturated carbocycles. The molecule has 3 rings (SSSR count). The number of anilines is 1. The summed E-state index contributed by atoms with van der Waals surface area (Å²) in [5.41, 5.74) is 3.82. The van der Waals surface area contributed by atoms with E-state index in [0.29, 0.717) is 6.42 Å².